The van der Waals surface area contributed by atoms with Crippen LogP contribution in [0.1, 0.15) is 44.7 Å². The highest BCUT2D eigenvalue weighted by Gasteiger charge is 2.40. The third kappa shape index (κ3) is 2.89. The number of methoxy groups -OCH3 is 1. The Hall–Kier alpha value is -1.06. The van der Waals surface area contributed by atoms with E-state index in [1.165, 1.54) is 37.1 Å². The summed E-state index contributed by atoms with van der Waals surface area (Å²) in [5, 5.41) is 0. The second-order valence-electron chi connectivity index (χ2n) is 8.00. The summed E-state index contributed by atoms with van der Waals surface area (Å²) in [6.45, 7) is 9.21. The van der Waals surface area contributed by atoms with Gasteiger partial charge >= 0.3 is 0 Å². The summed E-state index contributed by atoms with van der Waals surface area (Å²) in [6.07, 6.45) is 3.55. The van der Waals surface area contributed by atoms with Crippen LogP contribution in [0.25, 0.3) is 0 Å². The van der Waals surface area contributed by atoms with Crippen LogP contribution in [0.5, 0.6) is 5.75 Å². The lowest BCUT2D eigenvalue weighted by atomic mass is 9.76. The van der Waals surface area contributed by atoms with Crippen molar-refractivity contribution < 1.29 is 4.74 Å². The zero-order valence-electron chi connectivity index (χ0n) is 14.4. The lowest BCUT2D eigenvalue weighted by molar-refractivity contribution is 0.0285. The van der Waals surface area contributed by atoms with Crippen molar-refractivity contribution >= 4 is 0 Å². The number of hydrogen-bond donors (Lipinski definition) is 1. The third-order valence-electron chi connectivity index (χ3n) is 5.61. The Labute approximate surface area is 134 Å². The standard InChI is InChI=1S/C19H30N2O/c1-19(2,3)15-5-6-17(22-4)14(11-15)12-16-18(20)13-7-9-21(16)10-8-13/h5-6,11,13,16,18H,7-10,12,20H2,1-4H3. The van der Waals surface area contributed by atoms with Gasteiger partial charge in [0.05, 0.1) is 7.11 Å². The van der Waals surface area contributed by atoms with Gasteiger partial charge in [-0.25, -0.2) is 0 Å². The highest BCUT2D eigenvalue weighted by molar-refractivity contribution is 5.40. The molecule has 3 nitrogen and oxygen atoms in total. The summed E-state index contributed by atoms with van der Waals surface area (Å²) in [5.74, 6) is 1.72. The normalized spacial score (nSPS) is 31.3. The second kappa shape index (κ2) is 5.86. The smallest absolute Gasteiger partial charge is 0.122 e. The van der Waals surface area contributed by atoms with Gasteiger partial charge in [0, 0.05) is 12.1 Å². The molecule has 1 aromatic carbocycles. The summed E-state index contributed by atoms with van der Waals surface area (Å²) in [7, 11) is 1.77. The predicted molar refractivity (Wildman–Crippen MR) is 91.5 cm³/mol. The minimum absolute atomic E-state index is 0.162. The molecule has 3 saturated heterocycles. The first-order chi connectivity index (χ1) is 10.4. The molecule has 2 atom stereocenters. The van der Waals surface area contributed by atoms with Gasteiger partial charge in [-0.15, -0.1) is 0 Å². The van der Waals surface area contributed by atoms with Gasteiger partial charge in [-0.3, -0.25) is 4.90 Å². The molecule has 0 aliphatic carbocycles. The Morgan fingerprint density at radius 1 is 1.23 bits per heavy atom. The van der Waals surface area contributed by atoms with Crippen molar-refractivity contribution in [1.29, 1.82) is 0 Å². The summed E-state index contributed by atoms with van der Waals surface area (Å²) in [5.41, 5.74) is 9.38. The van der Waals surface area contributed by atoms with E-state index >= 15 is 0 Å². The van der Waals surface area contributed by atoms with E-state index in [1.807, 2.05) is 0 Å². The van der Waals surface area contributed by atoms with Gasteiger partial charge in [0.1, 0.15) is 5.75 Å². The Bertz CT molecular complexity index is 525. The zero-order valence-corrected chi connectivity index (χ0v) is 14.4. The zero-order chi connectivity index (χ0) is 15.9. The van der Waals surface area contributed by atoms with Crippen LogP contribution < -0.4 is 10.5 Å². The van der Waals surface area contributed by atoms with Gasteiger partial charge in [-0.1, -0.05) is 32.9 Å². The number of nitrogens with zero attached hydrogens (tertiary/aromatic N) is 1. The number of fused-ring (bicyclic) bond motifs is 3. The Morgan fingerprint density at radius 3 is 2.45 bits per heavy atom. The van der Waals surface area contributed by atoms with Crippen molar-refractivity contribution in [1.82, 2.24) is 4.90 Å². The molecule has 3 heterocycles. The fourth-order valence-corrected chi connectivity index (χ4v) is 4.09. The fourth-order valence-electron chi connectivity index (χ4n) is 4.09. The van der Waals surface area contributed by atoms with E-state index in [1.54, 1.807) is 7.11 Å². The molecule has 4 rings (SSSR count). The SMILES string of the molecule is COc1ccc(C(C)(C)C)cc1CC1C(N)C2CCN1CC2. The largest absolute Gasteiger partial charge is 0.496 e. The highest BCUT2D eigenvalue weighted by atomic mass is 16.5. The molecule has 22 heavy (non-hydrogen) atoms. The quantitative estimate of drug-likeness (QED) is 0.933. The molecule has 1 aromatic rings. The van der Waals surface area contributed by atoms with Crippen LogP contribution in [-0.4, -0.2) is 37.2 Å². The van der Waals surface area contributed by atoms with Crippen LogP contribution in [0.4, 0.5) is 0 Å². The first-order valence-electron chi connectivity index (χ1n) is 8.57. The average Bonchev–Trinajstić information content (AvgIpc) is 2.50. The van der Waals surface area contributed by atoms with Crippen LogP contribution in [0, 0.1) is 5.92 Å². The average molecular weight is 302 g/mol. The molecule has 2 unspecified atom stereocenters. The maximum atomic E-state index is 6.54. The van der Waals surface area contributed by atoms with Crippen LogP contribution in [0.3, 0.4) is 0 Å². The van der Waals surface area contributed by atoms with Crippen LogP contribution in [0.15, 0.2) is 18.2 Å². The number of ether oxygens (including phenoxy) is 1. The van der Waals surface area contributed by atoms with Crippen molar-refractivity contribution in [2.24, 2.45) is 11.7 Å². The minimum Gasteiger partial charge on any atom is -0.496 e. The first kappa shape index (κ1) is 15.8. The van der Waals surface area contributed by atoms with Crippen molar-refractivity contribution in [3.05, 3.63) is 29.3 Å². The van der Waals surface area contributed by atoms with Crippen LogP contribution >= 0.6 is 0 Å². The fraction of sp³-hybridized carbons (Fsp3) is 0.684. The molecular formula is C19H30N2O. The summed E-state index contributed by atoms with van der Waals surface area (Å²) in [4.78, 5) is 2.59. The molecule has 3 fully saturated rings. The third-order valence-corrected chi connectivity index (χ3v) is 5.61. The molecule has 3 aliphatic rings. The van der Waals surface area contributed by atoms with E-state index in [4.69, 9.17) is 10.5 Å². The Morgan fingerprint density at radius 2 is 1.91 bits per heavy atom. The van der Waals surface area contributed by atoms with Gasteiger partial charge in [0.25, 0.3) is 0 Å². The van der Waals surface area contributed by atoms with E-state index in [0.717, 1.165) is 12.2 Å². The molecule has 0 radical (unpaired) electrons. The van der Waals surface area contributed by atoms with Gasteiger partial charge in [0.15, 0.2) is 0 Å². The van der Waals surface area contributed by atoms with Crippen LogP contribution in [0.2, 0.25) is 0 Å². The van der Waals surface area contributed by atoms with E-state index in [2.05, 4.69) is 43.9 Å². The van der Waals surface area contributed by atoms with Crippen LogP contribution in [-0.2, 0) is 11.8 Å². The van der Waals surface area contributed by atoms with Gasteiger partial charge in [-0.2, -0.15) is 0 Å². The molecule has 2 N–H and O–H groups in total. The van der Waals surface area contributed by atoms with Crippen molar-refractivity contribution in [2.75, 3.05) is 20.2 Å². The van der Waals surface area contributed by atoms with Gasteiger partial charge in [-0.05, 0) is 60.9 Å². The highest BCUT2D eigenvalue weighted by Crippen LogP contribution is 2.35. The molecule has 0 aromatic heterocycles. The summed E-state index contributed by atoms with van der Waals surface area (Å²) in [6, 6.07) is 7.42. The summed E-state index contributed by atoms with van der Waals surface area (Å²) >= 11 is 0. The first-order valence-corrected chi connectivity index (χ1v) is 8.57. The lowest BCUT2D eigenvalue weighted by Crippen LogP contribution is -2.61. The van der Waals surface area contributed by atoms with Gasteiger partial charge in [0.2, 0.25) is 0 Å². The molecule has 122 valence electrons. The topological polar surface area (TPSA) is 38.5 Å². The molecule has 3 aliphatic heterocycles. The maximum absolute atomic E-state index is 6.54. The number of benzene rings is 1. The maximum Gasteiger partial charge on any atom is 0.122 e. The van der Waals surface area contributed by atoms with E-state index in [0.29, 0.717) is 18.0 Å². The van der Waals surface area contributed by atoms with Crippen molar-refractivity contribution in [3.8, 4) is 5.75 Å². The lowest BCUT2D eigenvalue weighted by Gasteiger charge is -2.50. The molecule has 3 heteroatoms. The van der Waals surface area contributed by atoms with E-state index < -0.39 is 0 Å². The van der Waals surface area contributed by atoms with E-state index in [-0.39, 0.29) is 5.41 Å². The number of rotatable bonds is 3. The number of nitrogens with two attached hydrogens (primary N) is 1. The summed E-state index contributed by atoms with van der Waals surface area (Å²) < 4.78 is 5.61. The minimum atomic E-state index is 0.162. The van der Waals surface area contributed by atoms with Crippen molar-refractivity contribution in [2.45, 2.75) is 57.5 Å². The number of hydrogen-bond acceptors (Lipinski definition) is 3. The van der Waals surface area contributed by atoms with Crippen molar-refractivity contribution in [3.63, 3.8) is 0 Å². The van der Waals surface area contributed by atoms with Gasteiger partial charge < -0.3 is 10.5 Å². The molecule has 0 spiro atoms. The molecule has 0 amide bonds. The second-order valence-corrected chi connectivity index (χ2v) is 8.00. The molecule has 2 bridgehead atoms. The Kier molecular flexibility index (Phi) is 4.21. The van der Waals surface area contributed by atoms with E-state index in [9.17, 15) is 0 Å². The molecule has 0 saturated carbocycles. The number of piperidine rings is 3. The monoisotopic (exact) mass is 302 g/mol. The molecular weight excluding hydrogens is 272 g/mol. The predicted octanol–water partition coefficient (Wildman–Crippen LogP) is 2.96. The Balaban J connectivity index is 1.87.